The molecule has 1 aliphatic rings. The number of aliphatic hydroxyl groups is 1. The van der Waals surface area contributed by atoms with Gasteiger partial charge in [-0.3, -0.25) is 4.79 Å². The van der Waals surface area contributed by atoms with E-state index in [2.05, 4.69) is 0 Å². The molecule has 1 aromatic carbocycles. The van der Waals surface area contributed by atoms with Crippen LogP contribution < -0.4 is 5.73 Å². The maximum Gasteiger partial charge on any atom is 0.227 e. The van der Waals surface area contributed by atoms with E-state index < -0.39 is 22.0 Å². The number of anilines is 1. The first-order chi connectivity index (χ1) is 10.7. The molecule has 24 heavy (non-hydrogen) atoms. The smallest absolute Gasteiger partial charge is 0.227 e. The first-order valence-electron chi connectivity index (χ1n) is 7.39. The molecule has 0 aromatic heterocycles. The molecule has 136 valence electrons. The van der Waals surface area contributed by atoms with Crippen molar-refractivity contribution in [3.8, 4) is 0 Å². The average Bonchev–Trinajstić information content (AvgIpc) is 2.82. The van der Waals surface area contributed by atoms with Crippen LogP contribution in [0.15, 0.2) is 24.3 Å². The maximum atomic E-state index is 12.3. The Kier molecular flexibility index (Phi) is 7.03. The number of nitrogens with two attached hydrogens (primary N) is 1. The van der Waals surface area contributed by atoms with E-state index >= 15 is 0 Å². The largest absolute Gasteiger partial charge is 0.399 e. The van der Waals surface area contributed by atoms with Gasteiger partial charge in [0, 0.05) is 38.8 Å². The number of β-amino-alcohol motifs (C(OH)–C–C–N with tert-alkyl or cyclic N) is 1. The number of hydrogen-bond donors (Lipinski definition) is 2. The quantitative estimate of drug-likeness (QED) is 0.700. The highest BCUT2D eigenvalue weighted by molar-refractivity contribution is 7.89. The molecular formula is C15H24ClN3O4S. The van der Waals surface area contributed by atoms with Gasteiger partial charge < -0.3 is 15.7 Å². The van der Waals surface area contributed by atoms with Gasteiger partial charge in [-0.2, -0.15) is 0 Å². The van der Waals surface area contributed by atoms with Crippen LogP contribution in [-0.4, -0.2) is 67.7 Å². The Morgan fingerprint density at radius 2 is 1.88 bits per heavy atom. The third-order valence-electron chi connectivity index (χ3n) is 4.08. The Morgan fingerprint density at radius 1 is 1.29 bits per heavy atom. The number of aliphatic hydroxyl groups excluding tert-OH is 1. The van der Waals surface area contributed by atoms with Gasteiger partial charge in [0.05, 0.1) is 18.3 Å². The lowest BCUT2D eigenvalue weighted by Crippen LogP contribution is -2.34. The van der Waals surface area contributed by atoms with E-state index in [1.165, 1.54) is 19.0 Å². The molecular weight excluding hydrogens is 354 g/mol. The summed E-state index contributed by atoms with van der Waals surface area (Å²) in [6.45, 7) is 0.420. The summed E-state index contributed by atoms with van der Waals surface area (Å²) in [5.74, 6) is -0.747. The van der Waals surface area contributed by atoms with Crippen molar-refractivity contribution < 1.29 is 18.3 Å². The van der Waals surface area contributed by atoms with Gasteiger partial charge in [0.2, 0.25) is 15.9 Å². The van der Waals surface area contributed by atoms with Crippen LogP contribution in [0, 0.1) is 5.92 Å². The molecule has 0 saturated carbocycles. The summed E-state index contributed by atoms with van der Waals surface area (Å²) in [5.41, 5.74) is 7.08. The zero-order chi connectivity index (χ0) is 17.2. The highest BCUT2D eigenvalue weighted by atomic mass is 35.5. The summed E-state index contributed by atoms with van der Waals surface area (Å²) in [5, 5.41) is 10.1. The molecule has 1 aromatic rings. The minimum atomic E-state index is -3.41. The number of hydrogen-bond acceptors (Lipinski definition) is 5. The van der Waals surface area contributed by atoms with Crippen LogP contribution in [0.2, 0.25) is 0 Å². The Balaban J connectivity index is 0.00000288. The minimum Gasteiger partial charge on any atom is -0.399 e. The lowest BCUT2D eigenvalue weighted by molar-refractivity contribution is -0.129. The van der Waals surface area contributed by atoms with Gasteiger partial charge in [0.15, 0.2) is 0 Å². The fraction of sp³-hybridized carbons (Fsp3) is 0.533. The molecule has 1 aliphatic heterocycles. The van der Waals surface area contributed by atoms with Gasteiger partial charge in [0.1, 0.15) is 0 Å². The van der Waals surface area contributed by atoms with E-state index in [-0.39, 0.29) is 43.6 Å². The summed E-state index contributed by atoms with van der Waals surface area (Å²) in [7, 11) is -0.488. The van der Waals surface area contributed by atoms with Gasteiger partial charge >= 0.3 is 0 Å². The molecule has 1 saturated heterocycles. The summed E-state index contributed by atoms with van der Waals surface area (Å²) in [6, 6.07) is 7.03. The number of carbonyl (C=O) groups is 1. The molecule has 2 atom stereocenters. The van der Waals surface area contributed by atoms with Crippen molar-refractivity contribution in [2.75, 3.05) is 38.7 Å². The molecule has 1 amide bonds. The third-order valence-corrected chi connectivity index (χ3v) is 6.04. The Labute approximate surface area is 148 Å². The fourth-order valence-corrected chi connectivity index (χ4v) is 3.73. The molecule has 0 spiro atoms. The molecule has 1 heterocycles. The van der Waals surface area contributed by atoms with Crippen molar-refractivity contribution >= 4 is 34.0 Å². The van der Waals surface area contributed by atoms with Crippen molar-refractivity contribution in [1.29, 1.82) is 0 Å². The van der Waals surface area contributed by atoms with Crippen LogP contribution in [0.25, 0.3) is 0 Å². The number of nitrogen functional groups attached to an aromatic ring is 1. The van der Waals surface area contributed by atoms with Crippen LogP contribution in [-0.2, 0) is 21.2 Å². The van der Waals surface area contributed by atoms with Crippen molar-refractivity contribution in [3.63, 3.8) is 0 Å². The molecule has 0 bridgehead atoms. The summed E-state index contributed by atoms with van der Waals surface area (Å²) in [4.78, 5) is 13.8. The zero-order valence-electron chi connectivity index (χ0n) is 13.8. The average molecular weight is 378 g/mol. The number of halogens is 1. The molecule has 9 heteroatoms. The monoisotopic (exact) mass is 377 g/mol. The van der Waals surface area contributed by atoms with E-state index in [1.54, 1.807) is 24.3 Å². The fourth-order valence-electron chi connectivity index (χ4n) is 2.56. The zero-order valence-corrected chi connectivity index (χ0v) is 15.4. The van der Waals surface area contributed by atoms with E-state index in [4.69, 9.17) is 5.73 Å². The van der Waals surface area contributed by atoms with Crippen LogP contribution >= 0.6 is 12.4 Å². The summed E-state index contributed by atoms with van der Waals surface area (Å²) < 4.78 is 25.0. The van der Waals surface area contributed by atoms with Gasteiger partial charge in [-0.15, -0.1) is 12.4 Å². The third kappa shape index (κ3) is 5.07. The number of nitrogens with zero attached hydrogens (tertiary/aromatic N) is 2. The number of carbonyl (C=O) groups excluding carboxylic acids is 1. The maximum absolute atomic E-state index is 12.3. The van der Waals surface area contributed by atoms with E-state index in [0.29, 0.717) is 5.69 Å². The second-order valence-electron chi connectivity index (χ2n) is 6.11. The van der Waals surface area contributed by atoms with E-state index in [9.17, 15) is 18.3 Å². The Morgan fingerprint density at radius 3 is 2.42 bits per heavy atom. The van der Waals surface area contributed by atoms with Gasteiger partial charge in [0.25, 0.3) is 0 Å². The highest BCUT2D eigenvalue weighted by Crippen LogP contribution is 2.21. The number of amides is 1. The highest BCUT2D eigenvalue weighted by Gasteiger charge is 2.37. The first-order valence-corrected chi connectivity index (χ1v) is 9.00. The SMILES string of the molecule is CN(C)S(=O)(=O)C[C@@H]1CN(C(=O)Cc2ccc(N)cc2)C[C@H]1O.Cl. The minimum absolute atomic E-state index is 0. The van der Waals surface area contributed by atoms with E-state index in [0.717, 1.165) is 9.87 Å². The molecule has 7 nitrogen and oxygen atoms in total. The topological polar surface area (TPSA) is 104 Å². The number of benzene rings is 1. The molecule has 1 fully saturated rings. The standard InChI is InChI=1S/C15H23N3O4S.ClH/c1-17(2)23(21,22)10-12-8-18(9-14(12)19)15(20)7-11-3-5-13(16)6-4-11;/h3-6,12,14,19H,7-10,16H2,1-2H3;1H/t12-,14+;/m0./s1. The van der Waals surface area contributed by atoms with Gasteiger partial charge in [-0.25, -0.2) is 12.7 Å². The molecule has 2 rings (SSSR count). The van der Waals surface area contributed by atoms with Crippen LogP contribution in [0.1, 0.15) is 5.56 Å². The van der Waals surface area contributed by atoms with Crippen LogP contribution in [0.5, 0.6) is 0 Å². The number of sulfonamides is 1. The lowest BCUT2D eigenvalue weighted by atomic mass is 10.1. The van der Waals surface area contributed by atoms with Crippen LogP contribution in [0.3, 0.4) is 0 Å². The first kappa shape index (κ1) is 20.7. The van der Waals surface area contributed by atoms with Crippen LogP contribution in [0.4, 0.5) is 5.69 Å². The summed E-state index contributed by atoms with van der Waals surface area (Å²) in [6.07, 6.45) is -0.611. The van der Waals surface area contributed by atoms with Gasteiger partial charge in [-0.1, -0.05) is 12.1 Å². The Hall–Kier alpha value is -1.35. The van der Waals surface area contributed by atoms with Gasteiger partial charge in [-0.05, 0) is 17.7 Å². The predicted molar refractivity (Wildman–Crippen MR) is 95.4 cm³/mol. The molecule has 0 unspecified atom stereocenters. The molecule has 0 aliphatic carbocycles. The normalized spacial score (nSPS) is 20.9. The van der Waals surface area contributed by atoms with Crippen molar-refractivity contribution in [2.24, 2.45) is 5.92 Å². The lowest BCUT2D eigenvalue weighted by Gasteiger charge is -2.18. The molecule has 0 radical (unpaired) electrons. The number of rotatable bonds is 5. The van der Waals surface area contributed by atoms with E-state index in [1.807, 2.05) is 0 Å². The van der Waals surface area contributed by atoms with Crippen molar-refractivity contribution in [1.82, 2.24) is 9.21 Å². The predicted octanol–water partition coefficient (Wildman–Crippen LogP) is -0.0562. The second-order valence-corrected chi connectivity index (χ2v) is 8.33. The van der Waals surface area contributed by atoms with Crippen molar-refractivity contribution in [3.05, 3.63) is 29.8 Å². The second kappa shape index (κ2) is 8.15. The number of likely N-dealkylation sites (tertiary alicyclic amines) is 1. The van der Waals surface area contributed by atoms with Crippen molar-refractivity contribution in [2.45, 2.75) is 12.5 Å². The summed E-state index contributed by atoms with van der Waals surface area (Å²) >= 11 is 0. The Bertz CT molecular complexity index is 664. The molecule has 3 N–H and O–H groups in total.